The third-order valence-electron chi connectivity index (χ3n) is 2.49. The summed E-state index contributed by atoms with van der Waals surface area (Å²) in [5.41, 5.74) is 0.834. The molecule has 0 amide bonds. The first kappa shape index (κ1) is 12.9. The first-order valence-corrected chi connectivity index (χ1v) is 6.23. The monoisotopic (exact) mass is 323 g/mol. The molecule has 2 rings (SSSR count). The number of carbonyl (C=O) groups is 1. The van der Waals surface area contributed by atoms with Crippen molar-refractivity contribution in [1.29, 1.82) is 5.26 Å². The van der Waals surface area contributed by atoms with Gasteiger partial charge in [0.25, 0.3) is 0 Å². The fraction of sp³-hybridized carbons (Fsp3) is 0.0769. The van der Waals surface area contributed by atoms with Gasteiger partial charge in [0.2, 0.25) is 5.22 Å². The summed E-state index contributed by atoms with van der Waals surface area (Å²) < 4.78 is 5.58. The largest absolute Gasteiger partial charge is 0.452 e. The van der Waals surface area contributed by atoms with Crippen LogP contribution < -0.4 is 0 Å². The SMILES string of the molecule is N#CC(C(=O)c1ccoc1Cl)c1ccccc1Br. The van der Waals surface area contributed by atoms with E-state index in [0.717, 1.165) is 0 Å². The summed E-state index contributed by atoms with van der Waals surface area (Å²) in [4.78, 5) is 12.2. The van der Waals surface area contributed by atoms with E-state index in [9.17, 15) is 10.1 Å². The van der Waals surface area contributed by atoms with Crippen LogP contribution in [0.2, 0.25) is 5.22 Å². The standard InChI is InChI=1S/C13H7BrClNO2/c14-11-4-2-1-3-8(11)10(7-16)12(17)9-5-6-18-13(9)15/h1-6,10H. The van der Waals surface area contributed by atoms with Gasteiger partial charge in [-0.3, -0.25) is 4.79 Å². The number of carbonyl (C=O) groups excluding carboxylic acids is 1. The number of halogens is 2. The van der Waals surface area contributed by atoms with Crippen LogP contribution in [0.3, 0.4) is 0 Å². The number of rotatable bonds is 3. The highest BCUT2D eigenvalue weighted by atomic mass is 79.9. The van der Waals surface area contributed by atoms with E-state index in [1.165, 1.54) is 12.3 Å². The number of Topliss-reactive ketones (excluding diaryl/α,β-unsaturated/α-hetero) is 1. The van der Waals surface area contributed by atoms with Crippen LogP contribution in [0.5, 0.6) is 0 Å². The Hall–Kier alpha value is -1.57. The third-order valence-corrected chi connectivity index (χ3v) is 3.51. The molecule has 0 aliphatic heterocycles. The van der Waals surface area contributed by atoms with Gasteiger partial charge in [0, 0.05) is 4.47 Å². The fourth-order valence-electron chi connectivity index (χ4n) is 1.60. The lowest BCUT2D eigenvalue weighted by Gasteiger charge is -2.09. The summed E-state index contributed by atoms with van der Waals surface area (Å²) in [5.74, 6) is -1.28. The van der Waals surface area contributed by atoms with Crippen molar-refractivity contribution in [1.82, 2.24) is 0 Å². The minimum Gasteiger partial charge on any atom is -0.452 e. The minimum atomic E-state index is -0.907. The van der Waals surface area contributed by atoms with Gasteiger partial charge in [-0.2, -0.15) is 5.26 Å². The molecule has 0 radical (unpaired) electrons. The summed E-state index contributed by atoms with van der Waals surface area (Å²) in [6.07, 6.45) is 1.32. The van der Waals surface area contributed by atoms with E-state index in [1.54, 1.807) is 18.2 Å². The van der Waals surface area contributed by atoms with Crippen LogP contribution in [-0.4, -0.2) is 5.78 Å². The van der Waals surface area contributed by atoms with Crippen molar-refractivity contribution in [3.05, 3.63) is 57.4 Å². The number of nitriles is 1. The predicted octanol–water partition coefficient (Wildman–Crippen LogP) is 4.19. The van der Waals surface area contributed by atoms with Crippen LogP contribution in [-0.2, 0) is 0 Å². The Balaban J connectivity index is 2.43. The van der Waals surface area contributed by atoms with Crippen molar-refractivity contribution in [3.63, 3.8) is 0 Å². The number of furan rings is 1. The van der Waals surface area contributed by atoms with Crippen molar-refractivity contribution < 1.29 is 9.21 Å². The predicted molar refractivity (Wildman–Crippen MR) is 70.5 cm³/mol. The van der Waals surface area contributed by atoms with Gasteiger partial charge in [0.1, 0.15) is 5.92 Å². The number of nitrogens with zero attached hydrogens (tertiary/aromatic N) is 1. The highest BCUT2D eigenvalue weighted by Gasteiger charge is 2.26. The maximum atomic E-state index is 12.2. The van der Waals surface area contributed by atoms with Gasteiger partial charge in [-0.1, -0.05) is 34.1 Å². The fourth-order valence-corrected chi connectivity index (χ4v) is 2.33. The molecule has 0 spiro atoms. The molecule has 3 nitrogen and oxygen atoms in total. The van der Waals surface area contributed by atoms with Crippen LogP contribution in [0, 0.1) is 11.3 Å². The zero-order valence-corrected chi connectivity index (χ0v) is 11.4. The molecule has 2 aromatic rings. The molecule has 0 saturated heterocycles. The lowest BCUT2D eigenvalue weighted by molar-refractivity contribution is 0.0978. The average Bonchev–Trinajstić information content (AvgIpc) is 2.78. The topological polar surface area (TPSA) is 54.0 Å². The molecule has 0 aliphatic carbocycles. The van der Waals surface area contributed by atoms with Crippen LogP contribution >= 0.6 is 27.5 Å². The molecule has 0 bridgehead atoms. The molecular formula is C13H7BrClNO2. The Labute approximate surface area is 117 Å². The van der Waals surface area contributed by atoms with Gasteiger partial charge >= 0.3 is 0 Å². The zero-order valence-electron chi connectivity index (χ0n) is 9.06. The molecule has 0 N–H and O–H groups in total. The lowest BCUT2D eigenvalue weighted by Crippen LogP contribution is -2.11. The molecule has 1 unspecified atom stereocenters. The molecule has 0 fully saturated rings. The smallest absolute Gasteiger partial charge is 0.203 e. The van der Waals surface area contributed by atoms with Crippen molar-refractivity contribution >= 4 is 33.3 Å². The molecule has 18 heavy (non-hydrogen) atoms. The van der Waals surface area contributed by atoms with Crippen molar-refractivity contribution in [2.45, 2.75) is 5.92 Å². The van der Waals surface area contributed by atoms with Gasteiger partial charge in [0.05, 0.1) is 17.9 Å². The van der Waals surface area contributed by atoms with Crippen LogP contribution in [0.25, 0.3) is 0 Å². The number of hydrogen-bond donors (Lipinski definition) is 0. The summed E-state index contributed by atoms with van der Waals surface area (Å²) in [7, 11) is 0. The summed E-state index contributed by atoms with van der Waals surface area (Å²) in [5, 5.41) is 9.21. The molecule has 1 aromatic carbocycles. The highest BCUT2D eigenvalue weighted by Crippen LogP contribution is 2.29. The lowest BCUT2D eigenvalue weighted by atomic mass is 9.93. The van der Waals surface area contributed by atoms with Crippen LogP contribution in [0.4, 0.5) is 0 Å². The van der Waals surface area contributed by atoms with E-state index in [1.807, 2.05) is 12.1 Å². The molecule has 1 atom stereocenters. The third kappa shape index (κ3) is 2.33. The Morgan fingerprint density at radius 3 is 2.67 bits per heavy atom. The van der Waals surface area contributed by atoms with Gasteiger partial charge in [-0.05, 0) is 29.3 Å². The molecule has 90 valence electrons. The second-order valence-electron chi connectivity index (χ2n) is 3.56. The molecular weight excluding hydrogens is 318 g/mol. The molecule has 1 aromatic heterocycles. The summed E-state index contributed by atoms with van der Waals surface area (Å²) in [6, 6.07) is 10.6. The Bertz CT molecular complexity index is 630. The summed E-state index contributed by atoms with van der Waals surface area (Å²) >= 11 is 9.08. The first-order chi connectivity index (χ1) is 8.65. The minimum absolute atomic E-state index is 0.00676. The zero-order chi connectivity index (χ0) is 13.1. The van der Waals surface area contributed by atoms with Crippen LogP contribution in [0.15, 0.2) is 45.5 Å². The van der Waals surface area contributed by atoms with E-state index in [-0.39, 0.29) is 16.6 Å². The molecule has 0 saturated carbocycles. The quantitative estimate of drug-likeness (QED) is 0.796. The van der Waals surface area contributed by atoms with E-state index < -0.39 is 5.92 Å². The normalized spacial score (nSPS) is 11.8. The van der Waals surface area contributed by atoms with Crippen molar-refractivity contribution in [2.24, 2.45) is 0 Å². The number of hydrogen-bond acceptors (Lipinski definition) is 3. The van der Waals surface area contributed by atoms with Crippen molar-refractivity contribution in [2.75, 3.05) is 0 Å². The van der Waals surface area contributed by atoms with E-state index in [0.29, 0.717) is 10.0 Å². The maximum absolute atomic E-state index is 12.2. The Kier molecular flexibility index (Phi) is 3.85. The van der Waals surface area contributed by atoms with Crippen LogP contribution in [0.1, 0.15) is 21.8 Å². The average molecular weight is 325 g/mol. The second kappa shape index (κ2) is 5.38. The second-order valence-corrected chi connectivity index (χ2v) is 4.75. The number of ketones is 1. The molecule has 1 heterocycles. The first-order valence-electron chi connectivity index (χ1n) is 5.06. The Morgan fingerprint density at radius 2 is 2.11 bits per heavy atom. The Morgan fingerprint density at radius 1 is 1.39 bits per heavy atom. The van der Waals surface area contributed by atoms with Gasteiger partial charge in [0.15, 0.2) is 5.78 Å². The van der Waals surface area contributed by atoms with Gasteiger partial charge in [-0.15, -0.1) is 0 Å². The van der Waals surface area contributed by atoms with Gasteiger partial charge < -0.3 is 4.42 Å². The van der Waals surface area contributed by atoms with Gasteiger partial charge in [-0.25, -0.2) is 0 Å². The maximum Gasteiger partial charge on any atom is 0.203 e. The van der Waals surface area contributed by atoms with E-state index >= 15 is 0 Å². The number of benzene rings is 1. The molecule has 5 heteroatoms. The highest BCUT2D eigenvalue weighted by molar-refractivity contribution is 9.10. The molecule has 0 aliphatic rings. The van der Waals surface area contributed by atoms with Crippen molar-refractivity contribution in [3.8, 4) is 6.07 Å². The summed E-state index contributed by atoms with van der Waals surface area (Å²) in [6.45, 7) is 0. The van der Waals surface area contributed by atoms with E-state index in [2.05, 4.69) is 15.9 Å². The van der Waals surface area contributed by atoms with E-state index in [4.69, 9.17) is 16.0 Å².